The fraction of sp³-hybridized carbons (Fsp3) is 0.444. The van der Waals surface area contributed by atoms with Gasteiger partial charge in [-0.15, -0.1) is 0 Å². The first-order valence-corrected chi connectivity index (χ1v) is 9.03. The highest BCUT2D eigenvalue weighted by atomic mass is 16.5. The first-order chi connectivity index (χ1) is 13.1. The summed E-state index contributed by atoms with van der Waals surface area (Å²) in [6.45, 7) is 3.22. The van der Waals surface area contributed by atoms with Gasteiger partial charge < -0.3 is 19.4 Å². The van der Waals surface area contributed by atoms with Crippen molar-refractivity contribution < 1.29 is 19.1 Å². The Kier molecular flexibility index (Phi) is 4.76. The quantitative estimate of drug-likeness (QED) is 0.695. The number of nitrogens with zero attached hydrogens (tertiary/aromatic N) is 4. The molecule has 27 heavy (non-hydrogen) atoms. The van der Waals surface area contributed by atoms with Crippen molar-refractivity contribution in [2.45, 2.75) is 0 Å². The lowest BCUT2D eigenvalue weighted by Crippen LogP contribution is -2.55. The summed E-state index contributed by atoms with van der Waals surface area (Å²) in [5, 5.41) is 7.79. The summed E-state index contributed by atoms with van der Waals surface area (Å²) in [6.07, 6.45) is 0. The standard InChI is InChI=1S/C18H21N5O4/c24-16(15-13-3-1-2-4-14(13)19-20-15)21-5-7-22(8-6-21)17(25)18(26)23-9-11-27-12-10-23/h1-4H,5-12H2,(H,19,20). The number of benzene rings is 1. The average molecular weight is 371 g/mol. The topological polar surface area (TPSA) is 98.8 Å². The van der Waals surface area contributed by atoms with Gasteiger partial charge in [-0.3, -0.25) is 19.5 Å². The molecular weight excluding hydrogens is 350 g/mol. The Bertz CT molecular complexity index is 866. The van der Waals surface area contributed by atoms with Gasteiger partial charge in [-0.1, -0.05) is 18.2 Å². The minimum absolute atomic E-state index is 0.168. The predicted molar refractivity (Wildman–Crippen MR) is 96.0 cm³/mol. The van der Waals surface area contributed by atoms with Gasteiger partial charge >= 0.3 is 11.8 Å². The average Bonchev–Trinajstić information content (AvgIpc) is 3.17. The van der Waals surface area contributed by atoms with Crippen molar-refractivity contribution in [3.05, 3.63) is 30.0 Å². The molecule has 3 heterocycles. The van der Waals surface area contributed by atoms with E-state index in [1.807, 2.05) is 24.3 Å². The number of morpholine rings is 1. The number of aromatic amines is 1. The molecule has 0 unspecified atom stereocenters. The molecule has 0 bridgehead atoms. The van der Waals surface area contributed by atoms with Gasteiger partial charge in [0.15, 0.2) is 5.69 Å². The van der Waals surface area contributed by atoms with E-state index in [2.05, 4.69) is 10.2 Å². The number of fused-ring (bicyclic) bond motifs is 1. The third-order valence-electron chi connectivity index (χ3n) is 5.01. The maximum Gasteiger partial charge on any atom is 0.312 e. The zero-order valence-corrected chi connectivity index (χ0v) is 14.9. The SMILES string of the molecule is O=C(C(=O)N1CCN(C(=O)c2n[nH]c3ccccc23)CC1)N1CCOCC1. The van der Waals surface area contributed by atoms with Crippen LogP contribution >= 0.6 is 0 Å². The zero-order valence-electron chi connectivity index (χ0n) is 14.9. The molecule has 9 heteroatoms. The molecular formula is C18H21N5O4. The molecule has 0 aliphatic carbocycles. The second-order valence-corrected chi connectivity index (χ2v) is 6.61. The fourth-order valence-electron chi connectivity index (χ4n) is 3.43. The van der Waals surface area contributed by atoms with Crippen LogP contribution in [-0.4, -0.2) is 95.1 Å². The van der Waals surface area contributed by atoms with Crippen LogP contribution in [0.1, 0.15) is 10.5 Å². The van der Waals surface area contributed by atoms with Crippen molar-refractivity contribution in [2.24, 2.45) is 0 Å². The van der Waals surface area contributed by atoms with Gasteiger partial charge in [-0.25, -0.2) is 0 Å². The molecule has 2 fully saturated rings. The molecule has 2 aromatic rings. The van der Waals surface area contributed by atoms with E-state index in [-0.39, 0.29) is 5.91 Å². The van der Waals surface area contributed by atoms with Crippen molar-refractivity contribution >= 4 is 28.6 Å². The Balaban J connectivity index is 1.37. The van der Waals surface area contributed by atoms with Gasteiger partial charge in [0, 0.05) is 44.7 Å². The minimum atomic E-state index is -0.505. The minimum Gasteiger partial charge on any atom is -0.378 e. The highest BCUT2D eigenvalue weighted by Gasteiger charge is 2.32. The number of amides is 3. The summed E-state index contributed by atoms with van der Waals surface area (Å²) >= 11 is 0. The van der Waals surface area contributed by atoms with Crippen LogP contribution in [0.2, 0.25) is 0 Å². The maximum absolute atomic E-state index is 12.8. The molecule has 4 rings (SSSR count). The molecule has 0 atom stereocenters. The van der Waals surface area contributed by atoms with E-state index in [0.29, 0.717) is 58.2 Å². The molecule has 2 aliphatic heterocycles. The maximum atomic E-state index is 12.8. The van der Waals surface area contributed by atoms with Gasteiger partial charge in [0.1, 0.15) is 0 Å². The van der Waals surface area contributed by atoms with Crippen LogP contribution in [0.15, 0.2) is 24.3 Å². The van der Waals surface area contributed by atoms with Crippen molar-refractivity contribution in [1.82, 2.24) is 24.9 Å². The van der Waals surface area contributed by atoms with E-state index in [9.17, 15) is 14.4 Å². The van der Waals surface area contributed by atoms with Crippen molar-refractivity contribution in [1.29, 1.82) is 0 Å². The number of hydrogen-bond acceptors (Lipinski definition) is 5. The number of carbonyl (C=O) groups is 3. The Morgan fingerprint density at radius 1 is 0.852 bits per heavy atom. The largest absolute Gasteiger partial charge is 0.378 e. The number of aromatic nitrogens is 2. The number of hydrogen-bond donors (Lipinski definition) is 1. The molecule has 1 aromatic heterocycles. The van der Waals surface area contributed by atoms with Crippen molar-refractivity contribution in [3.63, 3.8) is 0 Å². The van der Waals surface area contributed by atoms with Crippen LogP contribution in [0.4, 0.5) is 0 Å². The van der Waals surface area contributed by atoms with E-state index in [1.165, 1.54) is 9.80 Å². The van der Waals surface area contributed by atoms with Crippen LogP contribution in [0.5, 0.6) is 0 Å². The van der Waals surface area contributed by atoms with E-state index in [1.54, 1.807) is 4.90 Å². The second kappa shape index (κ2) is 7.36. The smallest absolute Gasteiger partial charge is 0.312 e. The Labute approximate surface area is 155 Å². The van der Waals surface area contributed by atoms with Gasteiger partial charge in [0.25, 0.3) is 5.91 Å². The summed E-state index contributed by atoms with van der Waals surface area (Å²) in [7, 11) is 0. The van der Waals surface area contributed by atoms with Crippen LogP contribution < -0.4 is 0 Å². The Hall–Kier alpha value is -2.94. The summed E-state index contributed by atoms with van der Waals surface area (Å²) in [6, 6.07) is 7.47. The lowest BCUT2D eigenvalue weighted by atomic mass is 10.2. The van der Waals surface area contributed by atoms with Crippen LogP contribution in [0.3, 0.4) is 0 Å². The number of para-hydroxylation sites is 1. The molecule has 2 aliphatic rings. The Morgan fingerprint density at radius 2 is 1.44 bits per heavy atom. The van der Waals surface area contributed by atoms with E-state index in [0.717, 1.165) is 10.9 Å². The van der Waals surface area contributed by atoms with Gasteiger partial charge in [-0.05, 0) is 6.07 Å². The lowest BCUT2D eigenvalue weighted by molar-refractivity contribution is -0.154. The van der Waals surface area contributed by atoms with Crippen LogP contribution in [0, 0.1) is 0 Å². The van der Waals surface area contributed by atoms with Crippen LogP contribution in [0.25, 0.3) is 10.9 Å². The van der Waals surface area contributed by atoms with E-state index < -0.39 is 11.8 Å². The number of H-pyrrole nitrogens is 1. The molecule has 0 radical (unpaired) electrons. The van der Waals surface area contributed by atoms with Crippen molar-refractivity contribution in [3.8, 4) is 0 Å². The molecule has 3 amide bonds. The summed E-state index contributed by atoms with van der Waals surface area (Å²) in [5.74, 6) is -1.16. The monoisotopic (exact) mass is 371 g/mol. The number of piperazine rings is 1. The van der Waals surface area contributed by atoms with Gasteiger partial charge in [-0.2, -0.15) is 5.10 Å². The molecule has 1 N–H and O–H groups in total. The summed E-state index contributed by atoms with van der Waals surface area (Å²) < 4.78 is 5.21. The Morgan fingerprint density at radius 3 is 2.15 bits per heavy atom. The third-order valence-corrected chi connectivity index (χ3v) is 5.01. The van der Waals surface area contributed by atoms with Gasteiger partial charge in [0.2, 0.25) is 0 Å². The summed E-state index contributed by atoms with van der Waals surface area (Å²) in [5.41, 5.74) is 1.19. The molecule has 0 saturated carbocycles. The normalized spacial score (nSPS) is 18.0. The second-order valence-electron chi connectivity index (χ2n) is 6.61. The number of carbonyl (C=O) groups excluding carboxylic acids is 3. The number of ether oxygens (including phenoxy) is 1. The first kappa shape index (κ1) is 17.5. The third kappa shape index (κ3) is 3.37. The first-order valence-electron chi connectivity index (χ1n) is 9.03. The number of rotatable bonds is 1. The zero-order chi connectivity index (χ0) is 18.8. The predicted octanol–water partition coefficient (Wildman–Crippen LogP) is -0.294. The molecule has 9 nitrogen and oxygen atoms in total. The van der Waals surface area contributed by atoms with Gasteiger partial charge in [0.05, 0.1) is 18.7 Å². The van der Waals surface area contributed by atoms with Crippen molar-refractivity contribution in [2.75, 3.05) is 52.5 Å². The molecule has 2 saturated heterocycles. The van der Waals surface area contributed by atoms with E-state index >= 15 is 0 Å². The fourth-order valence-corrected chi connectivity index (χ4v) is 3.43. The lowest BCUT2D eigenvalue weighted by Gasteiger charge is -2.35. The van der Waals surface area contributed by atoms with Crippen LogP contribution in [-0.2, 0) is 14.3 Å². The molecule has 142 valence electrons. The highest BCUT2D eigenvalue weighted by Crippen LogP contribution is 2.18. The van der Waals surface area contributed by atoms with E-state index in [4.69, 9.17) is 4.74 Å². The highest BCUT2D eigenvalue weighted by molar-refractivity contribution is 6.35. The molecule has 0 spiro atoms. The molecule has 1 aromatic carbocycles. The summed E-state index contributed by atoms with van der Waals surface area (Å²) in [4.78, 5) is 42.3. The number of nitrogens with one attached hydrogen (secondary N) is 1.